The maximum Gasteiger partial charge on any atom is 0.0433 e. The van der Waals surface area contributed by atoms with Crippen LogP contribution in [0.1, 0.15) is 18.4 Å². The van der Waals surface area contributed by atoms with E-state index in [2.05, 4.69) is 35.6 Å². The molecule has 1 N–H and O–H groups in total. The third-order valence-corrected chi connectivity index (χ3v) is 2.55. The van der Waals surface area contributed by atoms with E-state index in [1.165, 1.54) is 18.4 Å². The zero-order valence-electron chi connectivity index (χ0n) is 6.80. The fourth-order valence-corrected chi connectivity index (χ4v) is 1.57. The molecule has 0 atom stereocenters. The molecule has 58 valence electrons. The highest BCUT2D eigenvalue weighted by molar-refractivity contribution is 5.29. The average molecular weight is 147 g/mol. The van der Waals surface area contributed by atoms with E-state index in [9.17, 15) is 0 Å². The highest BCUT2D eigenvalue weighted by Crippen LogP contribution is 2.44. The Bertz CT molecular complexity index is 236. The van der Waals surface area contributed by atoms with Crippen molar-refractivity contribution >= 4 is 0 Å². The first-order valence-corrected chi connectivity index (χ1v) is 4.12. The van der Waals surface area contributed by atoms with Crippen LogP contribution in [0, 0.1) is 0 Å². The van der Waals surface area contributed by atoms with Gasteiger partial charge in [0.05, 0.1) is 0 Å². The molecule has 0 spiro atoms. The van der Waals surface area contributed by atoms with Crippen LogP contribution in [0.25, 0.3) is 0 Å². The van der Waals surface area contributed by atoms with Crippen molar-refractivity contribution in [2.24, 2.45) is 0 Å². The fourth-order valence-electron chi connectivity index (χ4n) is 1.57. The van der Waals surface area contributed by atoms with Gasteiger partial charge in [0.25, 0.3) is 0 Å². The Morgan fingerprint density at radius 3 is 2.27 bits per heavy atom. The van der Waals surface area contributed by atoms with E-state index in [0.717, 1.165) is 0 Å². The van der Waals surface area contributed by atoms with Crippen LogP contribution < -0.4 is 5.32 Å². The number of hydrogen-bond acceptors (Lipinski definition) is 1. The first-order valence-electron chi connectivity index (χ1n) is 4.12. The quantitative estimate of drug-likeness (QED) is 0.673. The van der Waals surface area contributed by atoms with Crippen molar-refractivity contribution in [2.45, 2.75) is 18.4 Å². The molecule has 0 heterocycles. The van der Waals surface area contributed by atoms with Crippen molar-refractivity contribution in [2.75, 3.05) is 7.05 Å². The van der Waals surface area contributed by atoms with Crippen molar-refractivity contribution in [1.82, 2.24) is 5.32 Å². The topological polar surface area (TPSA) is 12.0 Å². The molecule has 1 saturated carbocycles. The van der Waals surface area contributed by atoms with Crippen LogP contribution in [0.3, 0.4) is 0 Å². The van der Waals surface area contributed by atoms with Gasteiger partial charge in [0.1, 0.15) is 0 Å². The molecule has 11 heavy (non-hydrogen) atoms. The second-order valence-electron chi connectivity index (χ2n) is 3.20. The Balaban J connectivity index is 2.30. The largest absolute Gasteiger partial charge is 0.310 e. The lowest BCUT2D eigenvalue weighted by atomic mass is 10.1. The summed E-state index contributed by atoms with van der Waals surface area (Å²) >= 11 is 0. The SMILES string of the molecule is CNC1(c2ccccc2)CC1. The molecule has 0 aromatic heterocycles. The molecular weight excluding hydrogens is 134 g/mol. The summed E-state index contributed by atoms with van der Waals surface area (Å²) in [5, 5.41) is 3.37. The molecule has 2 rings (SSSR count). The van der Waals surface area contributed by atoms with E-state index in [1.54, 1.807) is 0 Å². The molecule has 1 aliphatic rings. The lowest BCUT2D eigenvalue weighted by Gasteiger charge is -2.13. The molecule has 0 saturated heterocycles. The Morgan fingerprint density at radius 2 is 1.82 bits per heavy atom. The van der Waals surface area contributed by atoms with Crippen molar-refractivity contribution in [3.05, 3.63) is 35.9 Å². The molecule has 1 aromatic rings. The molecule has 0 unspecified atom stereocenters. The predicted octanol–water partition coefficient (Wildman–Crippen LogP) is 1.90. The number of benzene rings is 1. The molecule has 0 radical (unpaired) electrons. The summed E-state index contributed by atoms with van der Waals surface area (Å²) in [7, 11) is 2.04. The van der Waals surface area contributed by atoms with E-state index in [1.807, 2.05) is 7.05 Å². The second-order valence-corrected chi connectivity index (χ2v) is 3.20. The third kappa shape index (κ3) is 1.05. The van der Waals surface area contributed by atoms with Crippen LogP contribution in [0.4, 0.5) is 0 Å². The molecule has 0 bridgehead atoms. The van der Waals surface area contributed by atoms with E-state index < -0.39 is 0 Å². The zero-order chi connectivity index (χ0) is 7.73. The minimum Gasteiger partial charge on any atom is -0.310 e. The minimum atomic E-state index is 0.335. The van der Waals surface area contributed by atoms with E-state index in [-0.39, 0.29) is 0 Å². The summed E-state index contributed by atoms with van der Waals surface area (Å²) in [6, 6.07) is 10.7. The first kappa shape index (κ1) is 6.86. The summed E-state index contributed by atoms with van der Waals surface area (Å²) in [4.78, 5) is 0. The van der Waals surface area contributed by atoms with Gasteiger partial charge in [-0.05, 0) is 25.5 Å². The molecule has 1 heteroatoms. The van der Waals surface area contributed by atoms with Crippen molar-refractivity contribution < 1.29 is 0 Å². The van der Waals surface area contributed by atoms with Gasteiger partial charge in [-0.3, -0.25) is 0 Å². The smallest absolute Gasteiger partial charge is 0.0433 e. The number of nitrogens with one attached hydrogen (secondary N) is 1. The van der Waals surface area contributed by atoms with E-state index in [4.69, 9.17) is 0 Å². The Labute approximate surface area is 67.4 Å². The van der Waals surface area contributed by atoms with Gasteiger partial charge in [-0.15, -0.1) is 0 Å². The summed E-state index contributed by atoms with van der Waals surface area (Å²) in [5.41, 5.74) is 1.77. The Hall–Kier alpha value is -0.820. The van der Waals surface area contributed by atoms with Crippen LogP contribution in [-0.4, -0.2) is 7.05 Å². The first-order chi connectivity index (χ1) is 5.37. The lowest BCUT2D eigenvalue weighted by Crippen LogP contribution is -2.24. The van der Waals surface area contributed by atoms with Crippen molar-refractivity contribution in [1.29, 1.82) is 0 Å². The van der Waals surface area contributed by atoms with Crippen LogP contribution >= 0.6 is 0 Å². The fraction of sp³-hybridized carbons (Fsp3) is 0.400. The molecular formula is C10H13N. The van der Waals surface area contributed by atoms with Crippen LogP contribution in [0.15, 0.2) is 30.3 Å². The van der Waals surface area contributed by atoms with Crippen molar-refractivity contribution in [3.8, 4) is 0 Å². The minimum absolute atomic E-state index is 0.335. The molecule has 0 aliphatic heterocycles. The Morgan fingerprint density at radius 1 is 1.18 bits per heavy atom. The van der Waals surface area contributed by atoms with Crippen LogP contribution in [-0.2, 0) is 5.54 Å². The molecule has 1 aliphatic carbocycles. The second kappa shape index (κ2) is 2.35. The summed E-state index contributed by atoms with van der Waals surface area (Å²) in [6.45, 7) is 0. The summed E-state index contributed by atoms with van der Waals surface area (Å²) < 4.78 is 0. The third-order valence-electron chi connectivity index (χ3n) is 2.55. The highest BCUT2D eigenvalue weighted by Gasteiger charge is 2.42. The van der Waals surface area contributed by atoms with Crippen molar-refractivity contribution in [3.63, 3.8) is 0 Å². The van der Waals surface area contributed by atoms with Gasteiger partial charge in [0.2, 0.25) is 0 Å². The predicted molar refractivity (Wildman–Crippen MR) is 46.4 cm³/mol. The standard InChI is InChI=1S/C10H13N/c1-11-10(7-8-10)9-5-3-2-4-6-9/h2-6,11H,7-8H2,1H3. The summed E-state index contributed by atoms with van der Waals surface area (Å²) in [6.07, 6.45) is 2.57. The van der Waals surface area contributed by atoms with E-state index in [0.29, 0.717) is 5.54 Å². The maximum atomic E-state index is 3.37. The normalized spacial score (nSPS) is 19.7. The number of hydrogen-bond donors (Lipinski definition) is 1. The Kier molecular flexibility index (Phi) is 1.46. The van der Waals surface area contributed by atoms with Crippen LogP contribution in [0.2, 0.25) is 0 Å². The molecule has 1 fully saturated rings. The van der Waals surface area contributed by atoms with E-state index >= 15 is 0 Å². The van der Waals surface area contributed by atoms with Gasteiger partial charge >= 0.3 is 0 Å². The average Bonchev–Trinajstić information content (AvgIpc) is 2.86. The van der Waals surface area contributed by atoms with Gasteiger partial charge in [0, 0.05) is 5.54 Å². The highest BCUT2D eigenvalue weighted by atomic mass is 15.0. The molecule has 1 nitrogen and oxygen atoms in total. The molecule has 0 amide bonds. The lowest BCUT2D eigenvalue weighted by molar-refractivity contribution is 0.586. The summed E-state index contributed by atoms with van der Waals surface area (Å²) in [5.74, 6) is 0. The maximum absolute atomic E-state index is 3.37. The van der Waals surface area contributed by atoms with Gasteiger partial charge in [-0.2, -0.15) is 0 Å². The van der Waals surface area contributed by atoms with Crippen LogP contribution in [0.5, 0.6) is 0 Å². The molecule has 1 aromatic carbocycles. The van der Waals surface area contributed by atoms with Gasteiger partial charge < -0.3 is 5.32 Å². The zero-order valence-corrected chi connectivity index (χ0v) is 6.80. The monoisotopic (exact) mass is 147 g/mol. The van der Waals surface area contributed by atoms with Gasteiger partial charge in [-0.25, -0.2) is 0 Å². The van der Waals surface area contributed by atoms with Gasteiger partial charge in [0.15, 0.2) is 0 Å². The number of rotatable bonds is 2. The van der Waals surface area contributed by atoms with Gasteiger partial charge in [-0.1, -0.05) is 30.3 Å².